The first-order chi connectivity index (χ1) is 8.72. The van der Waals surface area contributed by atoms with Crippen molar-refractivity contribution >= 4 is 5.97 Å². The Balaban J connectivity index is 2.22. The van der Waals surface area contributed by atoms with Crippen LogP contribution < -0.4 is 0 Å². The van der Waals surface area contributed by atoms with Crippen LogP contribution in [0.2, 0.25) is 0 Å². The Morgan fingerprint density at radius 2 is 2.00 bits per heavy atom. The second kappa shape index (κ2) is 8.48. The van der Waals surface area contributed by atoms with Gasteiger partial charge in [0.25, 0.3) is 0 Å². The van der Waals surface area contributed by atoms with Crippen molar-refractivity contribution in [2.45, 2.75) is 19.3 Å². The van der Waals surface area contributed by atoms with Crippen LogP contribution in [-0.4, -0.2) is 35.6 Å². The minimum absolute atomic E-state index is 0.0946. The summed E-state index contributed by atoms with van der Waals surface area (Å²) in [6.45, 7) is 5.19. The van der Waals surface area contributed by atoms with Crippen molar-refractivity contribution in [3.05, 3.63) is 48.6 Å². The number of carboxylic acid groups (broad SMARTS) is 1. The summed E-state index contributed by atoms with van der Waals surface area (Å²) >= 11 is 0. The maximum absolute atomic E-state index is 10.7. The zero-order valence-corrected chi connectivity index (χ0v) is 10.7. The smallest absolute Gasteiger partial charge is 0.317 e. The Kier molecular flexibility index (Phi) is 6.81. The second-order valence-electron chi connectivity index (χ2n) is 4.36. The van der Waals surface area contributed by atoms with Gasteiger partial charge in [0.15, 0.2) is 0 Å². The molecule has 0 heterocycles. The lowest BCUT2D eigenvalue weighted by Crippen LogP contribution is -2.30. The standard InChI is InChI=1S/C15H21NO2/c1-2-11-16(13-15(17)18)12-7-6-10-14-8-4-3-5-9-14/h2-5,8-9H,1,6-7,10-13H2,(H,17,18). The second-order valence-corrected chi connectivity index (χ2v) is 4.36. The Morgan fingerprint density at radius 1 is 1.28 bits per heavy atom. The molecule has 0 saturated heterocycles. The number of rotatable bonds is 9. The van der Waals surface area contributed by atoms with Crippen molar-refractivity contribution in [1.29, 1.82) is 0 Å². The fourth-order valence-electron chi connectivity index (χ4n) is 1.92. The quantitative estimate of drug-likeness (QED) is 0.538. The normalized spacial score (nSPS) is 10.5. The van der Waals surface area contributed by atoms with E-state index in [-0.39, 0.29) is 6.54 Å². The number of aryl methyl sites for hydroxylation is 1. The summed E-state index contributed by atoms with van der Waals surface area (Å²) in [5, 5.41) is 8.77. The van der Waals surface area contributed by atoms with Gasteiger partial charge in [-0.3, -0.25) is 9.69 Å². The van der Waals surface area contributed by atoms with Crippen molar-refractivity contribution in [2.24, 2.45) is 0 Å². The van der Waals surface area contributed by atoms with Crippen LogP contribution in [0.25, 0.3) is 0 Å². The molecule has 98 valence electrons. The van der Waals surface area contributed by atoms with Crippen molar-refractivity contribution < 1.29 is 9.90 Å². The zero-order valence-electron chi connectivity index (χ0n) is 10.7. The van der Waals surface area contributed by atoms with Gasteiger partial charge < -0.3 is 5.11 Å². The van der Waals surface area contributed by atoms with Crippen LogP contribution in [0.4, 0.5) is 0 Å². The van der Waals surface area contributed by atoms with Crippen molar-refractivity contribution in [3.8, 4) is 0 Å². The number of nitrogens with zero attached hydrogens (tertiary/aromatic N) is 1. The molecular weight excluding hydrogens is 226 g/mol. The third-order valence-corrected chi connectivity index (χ3v) is 2.78. The highest BCUT2D eigenvalue weighted by Crippen LogP contribution is 2.05. The third kappa shape index (κ3) is 6.21. The van der Waals surface area contributed by atoms with E-state index in [2.05, 4.69) is 18.7 Å². The van der Waals surface area contributed by atoms with E-state index in [1.165, 1.54) is 5.56 Å². The molecule has 0 atom stereocenters. The molecule has 0 fully saturated rings. The summed E-state index contributed by atoms with van der Waals surface area (Å²) in [6.07, 6.45) is 4.89. The van der Waals surface area contributed by atoms with E-state index in [9.17, 15) is 4.79 Å². The molecule has 0 saturated carbocycles. The molecule has 0 aliphatic rings. The molecule has 0 amide bonds. The first-order valence-electron chi connectivity index (χ1n) is 6.31. The summed E-state index contributed by atoms with van der Waals surface area (Å²) in [4.78, 5) is 12.6. The van der Waals surface area contributed by atoms with Gasteiger partial charge >= 0.3 is 5.97 Å². The van der Waals surface area contributed by atoms with Crippen molar-refractivity contribution in [2.75, 3.05) is 19.6 Å². The van der Waals surface area contributed by atoms with Crippen LogP contribution in [0.3, 0.4) is 0 Å². The zero-order chi connectivity index (χ0) is 13.2. The lowest BCUT2D eigenvalue weighted by Gasteiger charge is -2.17. The molecule has 1 N–H and O–H groups in total. The van der Waals surface area contributed by atoms with Gasteiger partial charge in [-0.25, -0.2) is 0 Å². The number of benzene rings is 1. The van der Waals surface area contributed by atoms with Gasteiger partial charge in [0.05, 0.1) is 6.54 Å². The lowest BCUT2D eigenvalue weighted by atomic mass is 10.1. The monoisotopic (exact) mass is 247 g/mol. The highest BCUT2D eigenvalue weighted by atomic mass is 16.4. The lowest BCUT2D eigenvalue weighted by molar-refractivity contribution is -0.138. The molecule has 3 heteroatoms. The van der Waals surface area contributed by atoms with E-state index in [4.69, 9.17) is 5.11 Å². The van der Waals surface area contributed by atoms with E-state index in [1.54, 1.807) is 6.08 Å². The molecule has 0 unspecified atom stereocenters. The number of carbonyl (C=O) groups is 1. The minimum Gasteiger partial charge on any atom is -0.480 e. The molecule has 1 aromatic rings. The van der Waals surface area contributed by atoms with E-state index in [0.29, 0.717) is 6.54 Å². The average Bonchev–Trinajstić information content (AvgIpc) is 2.35. The van der Waals surface area contributed by atoms with Crippen LogP contribution >= 0.6 is 0 Å². The predicted octanol–water partition coefficient (Wildman–Crippen LogP) is 2.58. The molecule has 3 nitrogen and oxygen atoms in total. The van der Waals surface area contributed by atoms with Crippen LogP contribution in [0.15, 0.2) is 43.0 Å². The molecule has 0 spiro atoms. The average molecular weight is 247 g/mol. The molecule has 0 bridgehead atoms. The van der Waals surface area contributed by atoms with Crippen LogP contribution in [0.5, 0.6) is 0 Å². The molecule has 1 aromatic carbocycles. The molecule has 18 heavy (non-hydrogen) atoms. The maximum atomic E-state index is 10.7. The molecule has 0 aromatic heterocycles. The van der Waals surface area contributed by atoms with Gasteiger partial charge in [-0.05, 0) is 31.4 Å². The van der Waals surface area contributed by atoms with Gasteiger partial charge in [-0.2, -0.15) is 0 Å². The SMILES string of the molecule is C=CCN(CCCCc1ccccc1)CC(=O)O. The van der Waals surface area contributed by atoms with Gasteiger partial charge in [0.1, 0.15) is 0 Å². The number of carboxylic acids is 1. The highest BCUT2D eigenvalue weighted by molar-refractivity contribution is 5.69. The first kappa shape index (κ1) is 14.5. The summed E-state index contributed by atoms with van der Waals surface area (Å²) in [7, 11) is 0. The topological polar surface area (TPSA) is 40.5 Å². The molecule has 0 radical (unpaired) electrons. The summed E-state index contributed by atoms with van der Waals surface area (Å²) in [5.41, 5.74) is 1.34. The fourth-order valence-corrected chi connectivity index (χ4v) is 1.92. The Labute approximate surface area is 109 Å². The molecular formula is C15H21NO2. The summed E-state index contributed by atoms with van der Waals surface area (Å²) in [5.74, 6) is -0.778. The van der Waals surface area contributed by atoms with E-state index >= 15 is 0 Å². The Hall–Kier alpha value is -1.61. The van der Waals surface area contributed by atoms with Gasteiger partial charge in [0.2, 0.25) is 0 Å². The number of unbranched alkanes of at least 4 members (excludes halogenated alkanes) is 1. The molecule has 0 aliphatic heterocycles. The number of hydrogen-bond donors (Lipinski definition) is 1. The minimum atomic E-state index is -0.778. The maximum Gasteiger partial charge on any atom is 0.317 e. The molecule has 0 aliphatic carbocycles. The van der Waals surface area contributed by atoms with Gasteiger partial charge in [0, 0.05) is 6.54 Å². The highest BCUT2D eigenvalue weighted by Gasteiger charge is 2.07. The van der Waals surface area contributed by atoms with Crippen molar-refractivity contribution in [1.82, 2.24) is 4.90 Å². The fraction of sp³-hybridized carbons (Fsp3) is 0.400. The van der Waals surface area contributed by atoms with Crippen LogP contribution in [0.1, 0.15) is 18.4 Å². The largest absolute Gasteiger partial charge is 0.480 e. The third-order valence-electron chi connectivity index (χ3n) is 2.78. The van der Waals surface area contributed by atoms with Crippen molar-refractivity contribution in [3.63, 3.8) is 0 Å². The van der Waals surface area contributed by atoms with E-state index < -0.39 is 5.97 Å². The van der Waals surface area contributed by atoms with E-state index in [0.717, 1.165) is 25.8 Å². The van der Waals surface area contributed by atoms with E-state index in [1.807, 2.05) is 23.1 Å². The van der Waals surface area contributed by atoms with Crippen LogP contribution in [-0.2, 0) is 11.2 Å². The van der Waals surface area contributed by atoms with Crippen LogP contribution in [0, 0.1) is 0 Å². The first-order valence-corrected chi connectivity index (χ1v) is 6.31. The Bertz CT molecular complexity index is 362. The predicted molar refractivity (Wildman–Crippen MR) is 73.7 cm³/mol. The summed E-state index contributed by atoms with van der Waals surface area (Å²) in [6, 6.07) is 10.4. The number of hydrogen-bond acceptors (Lipinski definition) is 2. The number of aliphatic carboxylic acids is 1. The van der Waals surface area contributed by atoms with Gasteiger partial charge in [-0.1, -0.05) is 36.4 Å². The molecule has 1 rings (SSSR count). The Morgan fingerprint density at radius 3 is 2.61 bits per heavy atom. The summed E-state index contributed by atoms with van der Waals surface area (Å²) < 4.78 is 0. The van der Waals surface area contributed by atoms with Gasteiger partial charge in [-0.15, -0.1) is 6.58 Å².